The molecule has 0 aliphatic carbocycles. The van der Waals surface area contributed by atoms with Crippen molar-refractivity contribution < 1.29 is 4.79 Å². The molecule has 1 N–H and O–H groups in total. The number of rotatable bonds is 6. The molecule has 1 aliphatic rings. The smallest absolute Gasteiger partial charge is 0.245 e. The first-order chi connectivity index (χ1) is 12.2. The van der Waals surface area contributed by atoms with Gasteiger partial charge < -0.3 is 0 Å². The second kappa shape index (κ2) is 9.84. The molecular weight excluding hydrogens is 334 g/mol. The first kappa shape index (κ1) is 19.0. The number of carbonyl (C=O) groups excluding carboxylic acids is 1. The van der Waals surface area contributed by atoms with E-state index in [-0.39, 0.29) is 11.8 Å². The van der Waals surface area contributed by atoms with E-state index >= 15 is 0 Å². The highest BCUT2D eigenvalue weighted by Crippen LogP contribution is 2.20. The molecule has 2 rings (SSSR count). The van der Waals surface area contributed by atoms with Crippen molar-refractivity contribution in [3.05, 3.63) is 35.9 Å². The Hall–Kier alpha value is -2.33. The van der Waals surface area contributed by atoms with Crippen LogP contribution in [0.25, 0.3) is 0 Å². The summed E-state index contributed by atoms with van der Waals surface area (Å²) >= 11 is 1.41. The average Bonchev–Trinajstić information content (AvgIpc) is 2.64. The molecule has 25 heavy (non-hydrogen) atoms. The second-order valence-electron chi connectivity index (χ2n) is 5.81. The van der Waals surface area contributed by atoms with Crippen LogP contribution in [0.1, 0.15) is 31.7 Å². The number of nitriles is 1. The number of thioether (sulfide) groups is 1. The van der Waals surface area contributed by atoms with Gasteiger partial charge in [-0.25, -0.2) is 5.01 Å². The molecule has 0 saturated heterocycles. The molecule has 132 valence electrons. The van der Waals surface area contributed by atoms with Crippen LogP contribution in [0, 0.1) is 17.4 Å². The number of unbranched alkanes of at least 4 members (excludes halogenated alkanes) is 1. The maximum absolute atomic E-state index is 12.3. The summed E-state index contributed by atoms with van der Waals surface area (Å²) in [4.78, 5) is 16.7. The van der Waals surface area contributed by atoms with Crippen molar-refractivity contribution in [2.75, 3.05) is 19.3 Å². The van der Waals surface area contributed by atoms with Gasteiger partial charge in [0.15, 0.2) is 11.4 Å². The highest BCUT2D eigenvalue weighted by Gasteiger charge is 2.27. The van der Waals surface area contributed by atoms with E-state index in [9.17, 15) is 4.79 Å². The van der Waals surface area contributed by atoms with Gasteiger partial charge in [-0.1, -0.05) is 49.0 Å². The predicted octanol–water partition coefficient (Wildman–Crippen LogP) is 2.83. The highest BCUT2D eigenvalue weighted by molar-refractivity contribution is 8.13. The fourth-order valence-electron chi connectivity index (χ4n) is 2.59. The Morgan fingerprint density at radius 1 is 1.44 bits per heavy atom. The zero-order valence-electron chi connectivity index (χ0n) is 14.6. The van der Waals surface area contributed by atoms with Gasteiger partial charge in [0.05, 0.1) is 5.71 Å². The molecular formula is C18H23N5OS. The van der Waals surface area contributed by atoms with Crippen LogP contribution < -0.4 is 5.32 Å². The molecule has 1 atom stereocenters. The van der Waals surface area contributed by atoms with Gasteiger partial charge in [0.2, 0.25) is 5.91 Å². The second-order valence-corrected chi connectivity index (χ2v) is 6.61. The van der Waals surface area contributed by atoms with Gasteiger partial charge in [0.1, 0.15) is 0 Å². The minimum absolute atomic E-state index is 0.0475. The molecule has 6 nitrogen and oxygen atoms in total. The first-order valence-corrected chi connectivity index (χ1v) is 9.56. The lowest BCUT2D eigenvalue weighted by Crippen LogP contribution is -2.38. The van der Waals surface area contributed by atoms with Crippen LogP contribution in [0.2, 0.25) is 0 Å². The Balaban J connectivity index is 1.91. The summed E-state index contributed by atoms with van der Waals surface area (Å²) < 4.78 is 0. The zero-order chi connectivity index (χ0) is 18.1. The lowest BCUT2D eigenvalue weighted by molar-refractivity contribution is -0.135. The molecule has 1 amide bonds. The third-order valence-electron chi connectivity index (χ3n) is 3.91. The molecule has 7 heteroatoms. The topological polar surface area (TPSA) is 80.8 Å². The van der Waals surface area contributed by atoms with E-state index in [4.69, 9.17) is 5.26 Å². The molecule has 1 heterocycles. The average molecular weight is 357 g/mol. The van der Waals surface area contributed by atoms with Crippen LogP contribution in [-0.4, -0.2) is 41.1 Å². The van der Waals surface area contributed by atoms with E-state index < -0.39 is 0 Å². The van der Waals surface area contributed by atoms with Crippen molar-refractivity contribution >= 4 is 28.5 Å². The van der Waals surface area contributed by atoms with Gasteiger partial charge in [-0.3, -0.25) is 15.1 Å². The van der Waals surface area contributed by atoms with Crippen LogP contribution in [0.15, 0.2) is 40.4 Å². The fourth-order valence-corrected chi connectivity index (χ4v) is 2.96. The summed E-state index contributed by atoms with van der Waals surface area (Å²) in [5.74, 6) is 0.0350. The highest BCUT2D eigenvalue weighted by atomic mass is 32.2. The molecule has 0 radical (unpaired) electrons. The van der Waals surface area contributed by atoms with Gasteiger partial charge in [-0.2, -0.15) is 10.4 Å². The Labute approximate surface area is 153 Å². The van der Waals surface area contributed by atoms with Crippen molar-refractivity contribution in [2.24, 2.45) is 16.0 Å². The van der Waals surface area contributed by atoms with E-state index in [0.29, 0.717) is 24.7 Å². The normalized spacial score (nSPS) is 17.9. The maximum atomic E-state index is 12.3. The summed E-state index contributed by atoms with van der Waals surface area (Å²) in [5.41, 5.74) is 2.04. The molecule has 0 fully saturated rings. The van der Waals surface area contributed by atoms with E-state index in [0.717, 1.165) is 24.1 Å². The predicted molar refractivity (Wildman–Crippen MR) is 102 cm³/mol. The summed E-state index contributed by atoms with van der Waals surface area (Å²) in [6, 6.07) is 10.0. The number of hydrogen-bond donors (Lipinski definition) is 1. The lowest BCUT2D eigenvalue weighted by atomic mass is 9.96. The quantitative estimate of drug-likeness (QED) is 0.279. The largest absolute Gasteiger partial charge is 0.273 e. The Morgan fingerprint density at radius 3 is 2.88 bits per heavy atom. The Kier molecular flexibility index (Phi) is 7.48. The molecule has 1 aromatic rings. The van der Waals surface area contributed by atoms with Crippen molar-refractivity contribution in [2.45, 2.75) is 26.2 Å². The van der Waals surface area contributed by atoms with Crippen LogP contribution in [0.4, 0.5) is 0 Å². The Bertz CT molecular complexity index is 680. The number of carbonyl (C=O) groups is 1. The van der Waals surface area contributed by atoms with Gasteiger partial charge >= 0.3 is 0 Å². The van der Waals surface area contributed by atoms with Crippen LogP contribution in [-0.2, 0) is 4.79 Å². The van der Waals surface area contributed by atoms with Crippen molar-refractivity contribution in [1.29, 1.82) is 5.26 Å². The standard InChI is InChI=1S/C18H23N5OS/c1-14-12-16(15-8-4-3-5-9-15)22-23(17(14)24)11-7-6-10-20-18(25-2)21-13-19/h3-5,8-9,14H,6-7,10-12H2,1-2H3,(H,20,21). The van der Waals surface area contributed by atoms with Crippen LogP contribution in [0.5, 0.6) is 0 Å². The van der Waals surface area contributed by atoms with Crippen molar-refractivity contribution in [3.8, 4) is 6.19 Å². The number of hydrogen-bond acceptors (Lipinski definition) is 5. The van der Waals surface area contributed by atoms with E-state index in [1.165, 1.54) is 11.8 Å². The number of amidine groups is 1. The van der Waals surface area contributed by atoms with Gasteiger partial charge in [0.25, 0.3) is 0 Å². The number of nitrogens with zero attached hydrogens (tertiary/aromatic N) is 4. The minimum Gasteiger partial charge on any atom is -0.273 e. The molecule has 1 aliphatic heterocycles. The third kappa shape index (κ3) is 5.61. The SMILES string of the molecule is CSC(=NCCCCN1N=C(c2ccccc2)CC(C)C1=O)NC#N. The van der Waals surface area contributed by atoms with E-state index in [1.807, 2.05) is 49.7 Å². The van der Waals surface area contributed by atoms with Crippen LogP contribution >= 0.6 is 11.8 Å². The summed E-state index contributed by atoms with van der Waals surface area (Å²) in [5, 5.41) is 17.9. The molecule has 0 saturated carbocycles. The summed E-state index contributed by atoms with van der Waals surface area (Å²) in [7, 11) is 0. The van der Waals surface area contributed by atoms with Gasteiger partial charge in [-0.15, -0.1) is 0 Å². The minimum atomic E-state index is -0.0475. The molecule has 0 aromatic heterocycles. The Morgan fingerprint density at radius 2 is 2.20 bits per heavy atom. The monoisotopic (exact) mass is 357 g/mol. The number of benzene rings is 1. The fraction of sp³-hybridized carbons (Fsp3) is 0.444. The lowest BCUT2D eigenvalue weighted by Gasteiger charge is -2.27. The molecule has 0 bridgehead atoms. The molecule has 1 aromatic carbocycles. The number of hydrazone groups is 1. The van der Waals surface area contributed by atoms with Gasteiger partial charge in [-0.05, 0) is 24.7 Å². The summed E-state index contributed by atoms with van der Waals surface area (Å²) in [6.07, 6.45) is 6.08. The number of aliphatic imine (C=N–C) groups is 1. The maximum Gasteiger partial charge on any atom is 0.245 e. The molecule has 1 unspecified atom stereocenters. The van der Waals surface area contributed by atoms with Crippen LogP contribution in [0.3, 0.4) is 0 Å². The summed E-state index contributed by atoms with van der Waals surface area (Å²) in [6.45, 7) is 3.17. The number of nitrogens with one attached hydrogen (secondary N) is 1. The zero-order valence-corrected chi connectivity index (χ0v) is 15.4. The van der Waals surface area contributed by atoms with Gasteiger partial charge in [0, 0.05) is 25.4 Å². The van der Waals surface area contributed by atoms with Crippen molar-refractivity contribution in [3.63, 3.8) is 0 Å². The van der Waals surface area contributed by atoms with E-state index in [1.54, 1.807) is 5.01 Å². The van der Waals surface area contributed by atoms with Crippen molar-refractivity contribution in [1.82, 2.24) is 10.3 Å². The number of amides is 1. The molecule has 0 spiro atoms. The first-order valence-electron chi connectivity index (χ1n) is 8.33. The third-order valence-corrected chi connectivity index (χ3v) is 4.53. The van der Waals surface area contributed by atoms with E-state index in [2.05, 4.69) is 15.4 Å².